The molecule has 116 valence electrons. The molecule has 5 heteroatoms. The third-order valence-electron chi connectivity index (χ3n) is 3.15. The van der Waals surface area contributed by atoms with Gasteiger partial charge in [0.05, 0.1) is 10.7 Å². The maximum atomic E-state index is 12.3. The van der Waals surface area contributed by atoms with Crippen molar-refractivity contribution in [3.05, 3.63) is 58.1 Å². The lowest BCUT2D eigenvalue weighted by molar-refractivity contribution is -0.122. The molecule has 0 saturated carbocycles. The third-order valence-corrected chi connectivity index (χ3v) is 3.70. The van der Waals surface area contributed by atoms with E-state index in [1.807, 2.05) is 38.1 Å². The smallest absolute Gasteiger partial charge is 0.265 e. The molecule has 0 bridgehead atoms. The molecule has 1 unspecified atom stereocenters. The van der Waals surface area contributed by atoms with Crippen LogP contribution in [0.25, 0.3) is 0 Å². The average Bonchev–Trinajstić information content (AvgIpc) is 2.49. The number of aryl methyl sites for hydroxylation is 1. The van der Waals surface area contributed by atoms with Gasteiger partial charge in [0.15, 0.2) is 6.10 Å². The lowest BCUT2D eigenvalue weighted by Crippen LogP contribution is -2.32. The summed E-state index contributed by atoms with van der Waals surface area (Å²) < 4.78 is 5.74. The van der Waals surface area contributed by atoms with Gasteiger partial charge in [-0.15, -0.1) is 0 Å². The number of halogens is 2. The van der Waals surface area contributed by atoms with Gasteiger partial charge in [0.25, 0.3) is 5.91 Å². The van der Waals surface area contributed by atoms with Crippen molar-refractivity contribution in [3.8, 4) is 5.75 Å². The van der Waals surface area contributed by atoms with E-state index in [4.69, 9.17) is 27.9 Å². The molecule has 1 amide bonds. The standard InChI is InChI=1S/C17H17Cl2NO2/c1-3-16(22-13-7-4-11(2)5-8-13)17(21)20-15-9-6-12(18)10-14(15)19/h4-10,16H,3H2,1-2H3,(H,20,21). The Morgan fingerprint density at radius 3 is 2.45 bits per heavy atom. The second kappa shape index (κ2) is 7.52. The zero-order chi connectivity index (χ0) is 16.1. The molecule has 0 aliphatic carbocycles. The van der Waals surface area contributed by atoms with Crippen molar-refractivity contribution in [3.63, 3.8) is 0 Å². The van der Waals surface area contributed by atoms with E-state index in [0.717, 1.165) is 5.56 Å². The molecule has 2 aromatic carbocycles. The average molecular weight is 338 g/mol. The zero-order valence-electron chi connectivity index (χ0n) is 12.4. The van der Waals surface area contributed by atoms with Crippen LogP contribution >= 0.6 is 23.2 Å². The largest absolute Gasteiger partial charge is 0.481 e. The molecule has 0 aromatic heterocycles. The molecule has 1 atom stereocenters. The summed E-state index contributed by atoms with van der Waals surface area (Å²) in [5.74, 6) is 0.419. The normalized spacial score (nSPS) is 11.8. The second-order valence-electron chi connectivity index (χ2n) is 4.94. The van der Waals surface area contributed by atoms with Gasteiger partial charge in [0.1, 0.15) is 5.75 Å². The van der Waals surface area contributed by atoms with Gasteiger partial charge < -0.3 is 10.1 Å². The number of nitrogens with one attached hydrogen (secondary N) is 1. The summed E-state index contributed by atoms with van der Waals surface area (Å²) in [7, 11) is 0. The van der Waals surface area contributed by atoms with E-state index in [0.29, 0.717) is 27.9 Å². The fraction of sp³-hybridized carbons (Fsp3) is 0.235. The molecule has 0 spiro atoms. The SMILES string of the molecule is CCC(Oc1ccc(C)cc1)C(=O)Nc1ccc(Cl)cc1Cl. The molecule has 0 radical (unpaired) electrons. The number of ether oxygens (including phenoxy) is 1. The molecule has 22 heavy (non-hydrogen) atoms. The van der Waals surface area contributed by atoms with Crippen LogP contribution in [-0.4, -0.2) is 12.0 Å². The van der Waals surface area contributed by atoms with Gasteiger partial charge in [0, 0.05) is 5.02 Å². The molecule has 1 N–H and O–H groups in total. The van der Waals surface area contributed by atoms with E-state index in [2.05, 4.69) is 5.32 Å². The van der Waals surface area contributed by atoms with Crippen LogP contribution in [-0.2, 0) is 4.79 Å². The van der Waals surface area contributed by atoms with Gasteiger partial charge in [-0.1, -0.05) is 47.8 Å². The molecule has 3 nitrogen and oxygen atoms in total. The van der Waals surface area contributed by atoms with Gasteiger partial charge in [-0.25, -0.2) is 0 Å². The van der Waals surface area contributed by atoms with Crippen molar-refractivity contribution in [2.45, 2.75) is 26.4 Å². The minimum absolute atomic E-state index is 0.243. The number of carbonyl (C=O) groups excluding carboxylic acids is 1. The van der Waals surface area contributed by atoms with Crippen LogP contribution in [0.2, 0.25) is 10.0 Å². The molecular formula is C17H17Cl2NO2. The molecule has 2 aromatic rings. The van der Waals surface area contributed by atoms with Crippen LogP contribution < -0.4 is 10.1 Å². The first-order valence-corrected chi connectivity index (χ1v) is 7.74. The quantitative estimate of drug-likeness (QED) is 0.824. The Kier molecular flexibility index (Phi) is 5.69. The Morgan fingerprint density at radius 2 is 1.86 bits per heavy atom. The number of amides is 1. The lowest BCUT2D eigenvalue weighted by Gasteiger charge is -2.18. The first kappa shape index (κ1) is 16.7. The molecular weight excluding hydrogens is 321 g/mol. The predicted molar refractivity (Wildman–Crippen MR) is 91.0 cm³/mol. The van der Waals surface area contributed by atoms with Crippen LogP contribution in [0.5, 0.6) is 5.75 Å². The van der Waals surface area contributed by atoms with Crippen LogP contribution in [0, 0.1) is 6.92 Å². The highest BCUT2D eigenvalue weighted by Crippen LogP contribution is 2.26. The Morgan fingerprint density at radius 1 is 1.18 bits per heavy atom. The zero-order valence-corrected chi connectivity index (χ0v) is 13.9. The van der Waals surface area contributed by atoms with E-state index in [-0.39, 0.29) is 5.91 Å². The van der Waals surface area contributed by atoms with Gasteiger partial charge in [0.2, 0.25) is 0 Å². The first-order chi connectivity index (χ1) is 10.5. The number of rotatable bonds is 5. The Bertz CT molecular complexity index is 656. The fourth-order valence-electron chi connectivity index (χ4n) is 1.91. The van der Waals surface area contributed by atoms with Crippen LogP contribution in [0.1, 0.15) is 18.9 Å². The van der Waals surface area contributed by atoms with E-state index in [9.17, 15) is 4.79 Å². The van der Waals surface area contributed by atoms with Crippen LogP contribution in [0.15, 0.2) is 42.5 Å². The first-order valence-electron chi connectivity index (χ1n) is 6.99. The van der Waals surface area contributed by atoms with Crippen molar-refractivity contribution >= 4 is 34.8 Å². The number of carbonyl (C=O) groups is 1. The van der Waals surface area contributed by atoms with Crippen molar-refractivity contribution in [1.82, 2.24) is 0 Å². The summed E-state index contributed by atoms with van der Waals surface area (Å²) in [6.07, 6.45) is -0.0419. The highest BCUT2D eigenvalue weighted by molar-refractivity contribution is 6.36. The van der Waals surface area contributed by atoms with Gasteiger partial charge >= 0.3 is 0 Å². The monoisotopic (exact) mass is 337 g/mol. The molecule has 0 aliphatic heterocycles. The molecule has 0 fully saturated rings. The number of hydrogen-bond acceptors (Lipinski definition) is 2. The maximum Gasteiger partial charge on any atom is 0.265 e. The van der Waals surface area contributed by atoms with Crippen LogP contribution in [0.3, 0.4) is 0 Å². The van der Waals surface area contributed by atoms with E-state index in [1.165, 1.54) is 0 Å². The lowest BCUT2D eigenvalue weighted by atomic mass is 10.2. The van der Waals surface area contributed by atoms with Crippen molar-refractivity contribution in [1.29, 1.82) is 0 Å². The third kappa shape index (κ3) is 4.39. The van der Waals surface area contributed by atoms with E-state index < -0.39 is 6.10 Å². The number of hydrogen-bond donors (Lipinski definition) is 1. The van der Waals surface area contributed by atoms with Gasteiger partial charge in [-0.05, 0) is 43.7 Å². The van der Waals surface area contributed by atoms with Crippen molar-refractivity contribution in [2.75, 3.05) is 5.32 Å². The minimum atomic E-state index is -0.588. The summed E-state index contributed by atoms with van der Waals surface area (Å²) in [5.41, 5.74) is 1.65. The summed E-state index contributed by atoms with van der Waals surface area (Å²) in [4.78, 5) is 12.3. The highest BCUT2D eigenvalue weighted by atomic mass is 35.5. The number of benzene rings is 2. The number of anilines is 1. The maximum absolute atomic E-state index is 12.3. The summed E-state index contributed by atoms with van der Waals surface area (Å²) in [5, 5.41) is 3.68. The highest BCUT2D eigenvalue weighted by Gasteiger charge is 2.19. The summed E-state index contributed by atoms with van der Waals surface area (Å²) >= 11 is 11.9. The van der Waals surface area contributed by atoms with Gasteiger partial charge in [-0.3, -0.25) is 4.79 Å². The van der Waals surface area contributed by atoms with Crippen molar-refractivity contribution < 1.29 is 9.53 Å². The second-order valence-corrected chi connectivity index (χ2v) is 5.78. The minimum Gasteiger partial charge on any atom is -0.481 e. The Labute approximate surface area is 140 Å². The summed E-state index contributed by atoms with van der Waals surface area (Å²) in [6, 6.07) is 12.5. The van der Waals surface area contributed by atoms with Crippen LogP contribution in [0.4, 0.5) is 5.69 Å². The van der Waals surface area contributed by atoms with E-state index >= 15 is 0 Å². The molecule has 0 aliphatic rings. The van der Waals surface area contributed by atoms with E-state index in [1.54, 1.807) is 18.2 Å². The molecule has 0 saturated heterocycles. The fourth-order valence-corrected chi connectivity index (χ4v) is 2.36. The predicted octanol–water partition coefficient (Wildman–Crippen LogP) is 5.10. The summed E-state index contributed by atoms with van der Waals surface area (Å²) in [6.45, 7) is 3.89. The Balaban J connectivity index is 2.06. The van der Waals surface area contributed by atoms with Crippen molar-refractivity contribution in [2.24, 2.45) is 0 Å². The molecule has 2 rings (SSSR count). The topological polar surface area (TPSA) is 38.3 Å². The molecule has 0 heterocycles. The van der Waals surface area contributed by atoms with Gasteiger partial charge in [-0.2, -0.15) is 0 Å². The Hall–Kier alpha value is -1.71.